The summed E-state index contributed by atoms with van der Waals surface area (Å²) in [6.07, 6.45) is 1.39. The van der Waals surface area contributed by atoms with E-state index in [0.29, 0.717) is 5.82 Å². The predicted octanol–water partition coefficient (Wildman–Crippen LogP) is 0.00660. The van der Waals surface area contributed by atoms with Gasteiger partial charge in [0.1, 0.15) is 0 Å². The van der Waals surface area contributed by atoms with Gasteiger partial charge in [-0.15, -0.1) is 5.10 Å². The van der Waals surface area contributed by atoms with Crippen molar-refractivity contribution in [3.8, 4) is 17.6 Å². The summed E-state index contributed by atoms with van der Waals surface area (Å²) in [7, 11) is 0. The van der Waals surface area contributed by atoms with E-state index in [1.807, 2.05) is 0 Å². The first kappa shape index (κ1) is 6.71. The van der Waals surface area contributed by atoms with Crippen LogP contribution in [0.15, 0.2) is 18.3 Å². The van der Waals surface area contributed by atoms with Crippen molar-refractivity contribution in [1.29, 1.82) is 0 Å². The van der Waals surface area contributed by atoms with Crippen LogP contribution in [0.4, 0.5) is 0 Å². The molecule has 2 aromatic heterocycles. The average Bonchev–Trinajstić information content (AvgIpc) is 2.61. The van der Waals surface area contributed by atoms with Gasteiger partial charge in [-0.1, -0.05) is 0 Å². The minimum Gasteiger partial charge on any atom is -0.494 e. The summed E-state index contributed by atoms with van der Waals surface area (Å²) < 4.78 is 1.16. The fourth-order valence-electron chi connectivity index (χ4n) is 0.954. The Kier molecular flexibility index (Phi) is 1.26. The Morgan fingerprint density at radius 3 is 2.42 bits per heavy atom. The number of hydrogen-bond acceptors (Lipinski definition) is 4. The van der Waals surface area contributed by atoms with Crippen molar-refractivity contribution in [2.24, 2.45) is 0 Å². The Balaban J connectivity index is 2.60. The molecule has 0 spiro atoms. The highest BCUT2D eigenvalue weighted by Crippen LogP contribution is 2.24. The van der Waals surface area contributed by atoms with Gasteiger partial charge in [-0.3, -0.25) is 0 Å². The van der Waals surface area contributed by atoms with Gasteiger partial charge in [0.25, 0.3) is 0 Å². The third-order valence-electron chi connectivity index (χ3n) is 1.47. The van der Waals surface area contributed by atoms with Crippen LogP contribution in [-0.4, -0.2) is 30.2 Å². The molecule has 0 aromatic carbocycles. The maximum Gasteiger partial charge on any atom is 0.199 e. The lowest BCUT2D eigenvalue weighted by atomic mass is 10.6. The van der Waals surface area contributed by atoms with Crippen LogP contribution in [0.3, 0.4) is 0 Å². The first-order valence-corrected chi connectivity index (χ1v) is 3.25. The van der Waals surface area contributed by atoms with E-state index in [1.54, 1.807) is 0 Å². The van der Waals surface area contributed by atoms with Crippen molar-refractivity contribution < 1.29 is 10.2 Å². The summed E-state index contributed by atoms with van der Waals surface area (Å²) in [4.78, 5) is 0. The van der Waals surface area contributed by atoms with E-state index >= 15 is 0 Å². The topological polar surface area (TPSA) is 87.0 Å². The maximum absolute atomic E-state index is 9.22. The predicted molar refractivity (Wildman–Crippen MR) is 39.0 cm³/mol. The number of rotatable bonds is 1. The van der Waals surface area contributed by atoms with Crippen LogP contribution in [0.1, 0.15) is 0 Å². The Morgan fingerprint density at radius 1 is 1.25 bits per heavy atom. The smallest absolute Gasteiger partial charge is 0.199 e. The fraction of sp³-hybridized carbons (Fsp3) is 0. The second-order valence-electron chi connectivity index (χ2n) is 2.21. The summed E-state index contributed by atoms with van der Waals surface area (Å²) in [5, 5.41) is 28.0. The third-order valence-corrected chi connectivity index (χ3v) is 1.47. The monoisotopic (exact) mass is 166 g/mol. The van der Waals surface area contributed by atoms with E-state index < -0.39 is 0 Å². The summed E-state index contributed by atoms with van der Waals surface area (Å²) in [6, 6.07) is 2.73. The molecule has 0 aliphatic rings. The number of nitrogens with zero attached hydrogens (tertiary/aromatic N) is 3. The van der Waals surface area contributed by atoms with Crippen LogP contribution >= 0.6 is 0 Å². The van der Waals surface area contributed by atoms with Crippen molar-refractivity contribution in [1.82, 2.24) is 20.0 Å². The molecule has 6 nitrogen and oxygen atoms in total. The molecule has 0 fully saturated rings. The largest absolute Gasteiger partial charge is 0.494 e. The molecule has 0 bridgehead atoms. The number of nitrogens with one attached hydrogen (secondary N) is 1. The molecule has 0 radical (unpaired) electrons. The molecule has 2 heterocycles. The van der Waals surface area contributed by atoms with E-state index in [-0.39, 0.29) is 11.8 Å². The van der Waals surface area contributed by atoms with Gasteiger partial charge in [-0.25, -0.2) is 4.57 Å². The van der Waals surface area contributed by atoms with Crippen molar-refractivity contribution in [3.63, 3.8) is 0 Å². The van der Waals surface area contributed by atoms with Crippen LogP contribution in [-0.2, 0) is 0 Å². The van der Waals surface area contributed by atoms with Gasteiger partial charge in [0.2, 0.25) is 0 Å². The quantitative estimate of drug-likeness (QED) is 0.556. The Bertz CT molecular complexity index is 359. The van der Waals surface area contributed by atoms with Crippen LogP contribution in [0.2, 0.25) is 0 Å². The molecule has 0 saturated heterocycles. The highest BCUT2D eigenvalue weighted by molar-refractivity contribution is 5.35. The lowest BCUT2D eigenvalue weighted by molar-refractivity contribution is 0.400. The van der Waals surface area contributed by atoms with Gasteiger partial charge in [-0.05, 0) is 0 Å². The highest BCUT2D eigenvalue weighted by atomic mass is 16.3. The Labute approximate surface area is 67.1 Å². The summed E-state index contributed by atoms with van der Waals surface area (Å²) >= 11 is 0. The lowest BCUT2D eigenvalue weighted by Crippen LogP contribution is -1.92. The number of aromatic nitrogens is 4. The van der Waals surface area contributed by atoms with Gasteiger partial charge < -0.3 is 10.2 Å². The van der Waals surface area contributed by atoms with Gasteiger partial charge in [0.15, 0.2) is 17.6 Å². The SMILES string of the molecule is Oc1ccc(O)n1-c1cn[nH]n1. The van der Waals surface area contributed by atoms with Crippen molar-refractivity contribution >= 4 is 0 Å². The zero-order valence-corrected chi connectivity index (χ0v) is 5.97. The molecule has 2 rings (SSSR count). The minimum absolute atomic E-state index is 0.0820. The first-order chi connectivity index (χ1) is 5.79. The molecule has 6 heteroatoms. The summed E-state index contributed by atoms with van der Waals surface area (Å²) in [6.45, 7) is 0. The van der Waals surface area contributed by atoms with Crippen LogP contribution in [0.5, 0.6) is 11.8 Å². The van der Waals surface area contributed by atoms with Gasteiger partial charge in [0.05, 0.1) is 6.20 Å². The molecule has 3 N–H and O–H groups in total. The third kappa shape index (κ3) is 0.815. The molecule has 0 amide bonds. The summed E-state index contributed by atoms with van der Waals surface area (Å²) in [5.74, 6) is 0.179. The van der Waals surface area contributed by atoms with E-state index in [2.05, 4.69) is 15.4 Å². The van der Waals surface area contributed by atoms with Gasteiger partial charge in [0, 0.05) is 12.1 Å². The maximum atomic E-state index is 9.22. The number of H-pyrrole nitrogens is 1. The Hall–Kier alpha value is -1.98. The standard InChI is InChI=1S/C6H6N4O2/c11-5-1-2-6(12)10(5)4-3-7-9-8-4/h1-3,11-12H,(H,7,8,9). The zero-order valence-electron chi connectivity index (χ0n) is 5.97. The molecule has 0 atom stereocenters. The number of aromatic hydroxyl groups is 2. The minimum atomic E-state index is -0.0820. The number of hydrogen-bond donors (Lipinski definition) is 3. The van der Waals surface area contributed by atoms with Gasteiger partial charge >= 0.3 is 0 Å². The lowest BCUT2D eigenvalue weighted by Gasteiger charge is -1.99. The van der Waals surface area contributed by atoms with Crippen LogP contribution < -0.4 is 0 Å². The molecule has 0 aliphatic heterocycles. The molecular weight excluding hydrogens is 160 g/mol. The molecule has 0 aliphatic carbocycles. The molecule has 62 valence electrons. The van der Waals surface area contributed by atoms with Crippen LogP contribution in [0.25, 0.3) is 5.82 Å². The average molecular weight is 166 g/mol. The van der Waals surface area contributed by atoms with E-state index in [0.717, 1.165) is 4.57 Å². The zero-order chi connectivity index (χ0) is 8.55. The highest BCUT2D eigenvalue weighted by Gasteiger charge is 2.09. The first-order valence-electron chi connectivity index (χ1n) is 3.25. The van der Waals surface area contributed by atoms with Crippen molar-refractivity contribution in [2.45, 2.75) is 0 Å². The second-order valence-corrected chi connectivity index (χ2v) is 2.21. The molecule has 2 aromatic rings. The van der Waals surface area contributed by atoms with Crippen LogP contribution in [0, 0.1) is 0 Å². The van der Waals surface area contributed by atoms with Crippen molar-refractivity contribution in [3.05, 3.63) is 18.3 Å². The second kappa shape index (κ2) is 2.26. The van der Waals surface area contributed by atoms with E-state index in [1.165, 1.54) is 18.3 Å². The van der Waals surface area contributed by atoms with Crippen molar-refractivity contribution in [2.75, 3.05) is 0 Å². The Morgan fingerprint density at radius 2 is 1.92 bits per heavy atom. The van der Waals surface area contributed by atoms with E-state index in [4.69, 9.17) is 0 Å². The molecular formula is C6H6N4O2. The molecule has 0 saturated carbocycles. The van der Waals surface area contributed by atoms with Gasteiger partial charge in [-0.2, -0.15) is 10.3 Å². The number of aromatic amines is 1. The molecule has 12 heavy (non-hydrogen) atoms. The molecule has 0 unspecified atom stereocenters. The fourth-order valence-corrected chi connectivity index (χ4v) is 0.954. The van der Waals surface area contributed by atoms with E-state index in [9.17, 15) is 10.2 Å². The normalized spacial score (nSPS) is 10.3. The summed E-state index contributed by atoms with van der Waals surface area (Å²) in [5.41, 5.74) is 0.